The number of halogens is 2. The topological polar surface area (TPSA) is 30.7 Å². The fraction of sp³-hybridized carbons (Fsp3) is 0.333. The van der Waals surface area contributed by atoms with Crippen LogP contribution in [0.25, 0.3) is 11.0 Å². The van der Waals surface area contributed by atoms with Crippen LogP contribution >= 0.6 is 23.2 Å². The number of hydrogen-bond donors (Lipinski definition) is 0. The molecule has 14 heavy (non-hydrogen) atoms. The second-order valence-corrected chi connectivity index (χ2v) is 4.23. The van der Waals surface area contributed by atoms with Crippen molar-refractivity contribution >= 4 is 34.2 Å². The second-order valence-electron chi connectivity index (χ2n) is 3.49. The number of pyridine rings is 1. The van der Waals surface area contributed by atoms with Crippen LogP contribution < -0.4 is 0 Å². The van der Waals surface area contributed by atoms with Crippen molar-refractivity contribution in [3.63, 3.8) is 0 Å². The molecule has 72 valence electrons. The fourth-order valence-corrected chi connectivity index (χ4v) is 2.13. The molecule has 2 aromatic rings. The molecular weight excluding hydrogens is 221 g/mol. The third-order valence-electron chi connectivity index (χ3n) is 2.42. The molecule has 1 fully saturated rings. The number of rotatable bonds is 1. The molecule has 2 heterocycles. The third kappa shape index (κ3) is 1.20. The average molecular weight is 228 g/mol. The number of aromatic nitrogens is 3. The quantitative estimate of drug-likeness (QED) is 0.702. The van der Waals surface area contributed by atoms with Crippen molar-refractivity contribution < 1.29 is 0 Å². The average Bonchev–Trinajstić information content (AvgIpc) is 2.87. The summed E-state index contributed by atoms with van der Waals surface area (Å²) >= 11 is 11.8. The SMILES string of the molecule is Clc1cc2ncn(C3CC3)c2c(Cl)n1. The summed E-state index contributed by atoms with van der Waals surface area (Å²) in [5.74, 6) is 0. The molecule has 2 aromatic heterocycles. The third-order valence-corrected chi connectivity index (χ3v) is 2.88. The molecule has 3 nitrogen and oxygen atoms in total. The Balaban J connectivity index is 2.33. The molecule has 0 amide bonds. The van der Waals surface area contributed by atoms with Gasteiger partial charge < -0.3 is 4.57 Å². The van der Waals surface area contributed by atoms with Gasteiger partial charge in [0, 0.05) is 12.1 Å². The predicted molar refractivity (Wildman–Crippen MR) is 55.8 cm³/mol. The molecule has 0 atom stereocenters. The highest BCUT2D eigenvalue weighted by molar-refractivity contribution is 6.36. The molecule has 1 aliphatic carbocycles. The summed E-state index contributed by atoms with van der Waals surface area (Å²) in [4.78, 5) is 8.27. The number of nitrogens with zero attached hydrogens (tertiary/aromatic N) is 3. The van der Waals surface area contributed by atoms with E-state index in [1.54, 1.807) is 6.07 Å². The van der Waals surface area contributed by atoms with Crippen molar-refractivity contribution in [2.75, 3.05) is 0 Å². The smallest absolute Gasteiger partial charge is 0.156 e. The summed E-state index contributed by atoms with van der Waals surface area (Å²) in [7, 11) is 0. The van der Waals surface area contributed by atoms with E-state index in [0.29, 0.717) is 16.3 Å². The number of fused-ring (bicyclic) bond motifs is 1. The Morgan fingerprint density at radius 3 is 2.86 bits per heavy atom. The van der Waals surface area contributed by atoms with Gasteiger partial charge in [-0.25, -0.2) is 9.97 Å². The lowest BCUT2D eigenvalue weighted by molar-refractivity contribution is 0.765. The van der Waals surface area contributed by atoms with Crippen molar-refractivity contribution in [1.29, 1.82) is 0 Å². The van der Waals surface area contributed by atoms with Gasteiger partial charge in [0.2, 0.25) is 0 Å². The Kier molecular flexibility index (Phi) is 1.73. The molecule has 0 aromatic carbocycles. The van der Waals surface area contributed by atoms with Gasteiger partial charge in [-0.05, 0) is 12.8 Å². The number of hydrogen-bond acceptors (Lipinski definition) is 2. The molecule has 0 unspecified atom stereocenters. The minimum Gasteiger partial charge on any atom is -0.325 e. The summed E-state index contributed by atoms with van der Waals surface area (Å²) < 4.78 is 2.08. The van der Waals surface area contributed by atoms with Crippen molar-refractivity contribution in [2.24, 2.45) is 0 Å². The van der Waals surface area contributed by atoms with Crippen LogP contribution in [0.15, 0.2) is 12.4 Å². The largest absolute Gasteiger partial charge is 0.325 e. The normalized spacial score (nSPS) is 16.4. The van der Waals surface area contributed by atoms with E-state index in [4.69, 9.17) is 23.2 Å². The molecule has 0 spiro atoms. The van der Waals surface area contributed by atoms with Gasteiger partial charge >= 0.3 is 0 Å². The van der Waals surface area contributed by atoms with Gasteiger partial charge in [-0.3, -0.25) is 0 Å². The van der Waals surface area contributed by atoms with Crippen LogP contribution in [0.3, 0.4) is 0 Å². The maximum absolute atomic E-state index is 6.02. The summed E-state index contributed by atoms with van der Waals surface area (Å²) in [6, 6.07) is 2.29. The Labute approximate surface area is 90.7 Å². The van der Waals surface area contributed by atoms with Gasteiger partial charge in [-0.1, -0.05) is 23.2 Å². The Hall–Kier alpha value is -0.800. The van der Waals surface area contributed by atoms with E-state index in [9.17, 15) is 0 Å². The van der Waals surface area contributed by atoms with Gasteiger partial charge in [0.25, 0.3) is 0 Å². The van der Waals surface area contributed by atoms with Crippen molar-refractivity contribution in [3.05, 3.63) is 22.7 Å². The van der Waals surface area contributed by atoms with Gasteiger partial charge in [0.15, 0.2) is 5.15 Å². The lowest BCUT2D eigenvalue weighted by Crippen LogP contribution is -1.92. The fourth-order valence-electron chi connectivity index (χ4n) is 1.61. The molecule has 0 saturated heterocycles. The standard InChI is InChI=1S/C9H7Cl2N3/c10-7-3-6-8(9(11)13-7)14(4-12-6)5-1-2-5/h3-5H,1-2H2. The van der Waals surface area contributed by atoms with Crippen molar-refractivity contribution in [2.45, 2.75) is 18.9 Å². The molecular formula is C9H7Cl2N3. The van der Waals surface area contributed by atoms with Crippen molar-refractivity contribution in [1.82, 2.24) is 14.5 Å². The maximum atomic E-state index is 6.02. The van der Waals surface area contributed by atoms with E-state index < -0.39 is 0 Å². The van der Waals surface area contributed by atoms with Crippen LogP contribution in [0.4, 0.5) is 0 Å². The monoisotopic (exact) mass is 227 g/mol. The zero-order chi connectivity index (χ0) is 9.71. The molecule has 0 aliphatic heterocycles. The molecule has 0 bridgehead atoms. The van der Waals surface area contributed by atoms with Gasteiger partial charge in [-0.2, -0.15) is 0 Å². The second kappa shape index (κ2) is 2.84. The lowest BCUT2D eigenvalue weighted by Gasteiger charge is -2.01. The highest BCUT2D eigenvalue weighted by Gasteiger charge is 2.26. The summed E-state index contributed by atoms with van der Waals surface area (Å²) in [6.07, 6.45) is 4.21. The van der Waals surface area contributed by atoms with Crippen LogP contribution in [-0.4, -0.2) is 14.5 Å². The van der Waals surface area contributed by atoms with Crippen LogP contribution in [0.2, 0.25) is 10.3 Å². The summed E-state index contributed by atoms with van der Waals surface area (Å²) in [6.45, 7) is 0. The Bertz CT molecular complexity index is 502. The zero-order valence-electron chi connectivity index (χ0n) is 7.24. The first-order chi connectivity index (χ1) is 6.75. The first-order valence-electron chi connectivity index (χ1n) is 4.44. The Morgan fingerprint density at radius 1 is 1.36 bits per heavy atom. The molecule has 0 radical (unpaired) electrons. The highest BCUT2D eigenvalue weighted by Crippen LogP contribution is 2.38. The van der Waals surface area contributed by atoms with E-state index in [0.717, 1.165) is 11.0 Å². The minimum absolute atomic E-state index is 0.392. The lowest BCUT2D eigenvalue weighted by atomic mass is 10.4. The molecule has 0 N–H and O–H groups in total. The van der Waals surface area contributed by atoms with Crippen LogP contribution in [-0.2, 0) is 0 Å². The van der Waals surface area contributed by atoms with Gasteiger partial charge in [0.05, 0.1) is 11.8 Å². The first kappa shape index (κ1) is 8.50. The first-order valence-corrected chi connectivity index (χ1v) is 5.20. The van der Waals surface area contributed by atoms with E-state index in [1.807, 2.05) is 6.33 Å². The molecule has 1 saturated carbocycles. The highest BCUT2D eigenvalue weighted by atomic mass is 35.5. The van der Waals surface area contributed by atoms with Crippen LogP contribution in [0.1, 0.15) is 18.9 Å². The maximum Gasteiger partial charge on any atom is 0.156 e. The Morgan fingerprint density at radius 2 is 2.14 bits per heavy atom. The number of imidazole rings is 1. The minimum atomic E-state index is 0.392. The zero-order valence-corrected chi connectivity index (χ0v) is 8.76. The van der Waals surface area contributed by atoms with E-state index >= 15 is 0 Å². The van der Waals surface area contributed by atoms with Gasteiger partial charge in [0.1, 0.15) is 10.7 Å². The summed E-state index contributed by atoms with van der Waals surface area (Å²) in [5, 5.41) is 0.834. The molecule has 1 aliphatic rings. The van der Waals surface area contributed by atoms with Crippen LogP contribution in [0.5, 0.6) is 0 Å². The predicted octanol–water partition coefficient (Wildman–Crippen LogP) is 3.07. The van der Waals surface area contributed by atoms with Crippen LogP contribution in [0, 0.1) is 0 Å². The van der Waals surface area contributed by atoms with E-state index in [2.05, 4.69) is 14.5 Å². The molecule has 5 heteroatoms. The van der Waals surface area contributed by atoms with E-state index in [-0.39, 0.29) is 0 Å². The van der Waals surface area contributed by atoms with Crippen molar-refractivity contribution in [3.8, 4) is 0 Å². The summed E-state index contributed by atoms with van der Waals surface area (Å²) in [5.41, 5.74) is 1.72. The van der Waals surface area contributed by atoms with Gasteiger partial charge in [-0.15, -0.1) is 0 Å². The van der Waals surface area contributed by atoms with E-state index in [1.165, 1.54) is 12.8 Å². The molecule has 3 rings (SSSR count).